The summed E-state index contributed by atoms with van der Waals surface area (Å²) in [4.78, 5) is 17.9. The number of carboxylic acids is 1. The van der Waals surface area contributed by atoms with E-state index < -0.39 is 5.97 Å². The number of rotatable bonds is 7. The lowest BCUT2D eigenvalue weighted by Crippen LogP contribution is -2.36. The van der Waals surface area contributed by atoms with Crippen LogP contribution < -0.4 is 9.64 Å². The second-order valence-corrected chi connectivity index (χ2v) is 8.32. The maximum absolute atomic E-state index is 10.8. The Morgan fingerprint density at radius 2 is 2.03 bits per heavy atom. The quantitative estimate of drug-likeness (QED) is 0.710. The third-order valence-electron chi connectivity index (χ3n) is 6.29. The van der Waals surface area contributed by atoms with Crippen LogP contribution in [0.5, 0.6) is 5.88 Å². The number of pyridine rings is 1. The Balaban J connectivity index is 1.47. The summed E-state index contributed by atoms with van der Waals surface area (Å²) in [5.74, 6) is 0.0166. The maximum atomic E-state index is 10.8. The molecule has 1 fully saturated rings. The highest BCUT2D eigenvalue weighted by molar-refractivity contribution is 5.68. The van der Waals surface area contributed by atoms with E-state index in [1.54, 1.807) is 0 Å². The van der Waals surface area contributed by atoms with Gasteiger partial charge in [0.15, 0.2) is 0 Å². The van der Waals surface area contributed by atoms with Gasteiger partial charge in [0.1, 0.15) is 6.10 Å². The molecule has 0 spiro atoms. The van der Waals surface area contributed by atoms with Crippen molar-refractivity contribution in [3.63, 3.8) is 0 Å². The number of benzene rings is 1. The normalized spacial score (nSPS) is 19.2. The zero-order chi connectivity index (χ0) is 20.2. The van der Waals surface area contributed by atoms with Gasteiger partial charge in [-0.2, -0.15) is 0 Å². The van der Waals surface area contributed by atoms with Gasteiger partial charge in [-0.05, 0) is 75.1 Å². The predicted octanol–water partition coefficient (Wildman–Crippen LogP) is 5.08. The van der Waals surface area contributed by atoms with E-state index in [0.717, 1.165) is 55.7 Å². The topological polar surface area (TPSA) is 62.7 Å². The Bertz CT molecular complexity index is 861. The first kappa shape index (κ1) is 19.7. The summed E-state index contributed by atoms with van der Waals surface area (Å²) in [6, 6.07) is 13.0. The van der Waals surface area contributed by atoms with Crippen LogP contribution in [0.4, 0.5) is 5.69 Å². The molecule has 2 aromatic rings. The number of aliphatic carboxylic acids is 1. The molecule has 0 saturated heterocycles. The van der Waals surface area contributed by atoms with Gasteiger partial charge < -0.3 is 14.7 Å². The van der Waals surface area contributed by atoms with E-state index >= 15 is 0 Å². The molecule has 0 bridgehead atoms. The van der Waals surface area contributed by atoms with Gasteiger partial charge >= 0.3 is 5.97 Å². The van der Waals surface area contributed by atoms with E-state index in [-0.39, 0.29) is 6.42 Å². The minimum atomic E-state index is -0.708. The van der Waals surface area contributed by atoms with Crippen LogP contribution in [-0.2, 0) is 11.2 Å². The Hall–Kier alpha value is -2.56. The highest BCUT2D eigenvalue weighted by Crippen LogP contribution is 2.34. The number of fused-ring (bicyclic) bond motifs is 1. The number of ether oxygens (including phenoxy) is 1. The van der Waals surface area contributed by atoms with Crippen LogP contribution in [0.2, 0.25) is 0 Å². The van der Waals surface area contributed by atoms with Gasteiger partial charge in [0, 0.05) is 36.8 Å². The van der Waals surface area contributed by atoms with Gasteiger partial charge in [-0.1, -0.05) is 12.1 Å². The fourth-order valence-corrected chi connectivity index (χ4v) is 4.65. The van der Waals surface area contributed by atoms with Crippen molar-refractivity contribution in [2.45, 2.75) is 69.9 Å². The molecular weight excluding hydrogens is 364 g/mol. The first-order valence-electron chi connectivity index (χ1n) is 10.8. The molecule has 5 heteroatoms. The van der Waals surface area contributed by atoms with Crippen molar-refractivity contribution < 1.29 is 14.6 Å². The summed E-state index contributed by atoms with van der Waals surface area (Å²) in [5.41, 5.74) is 4.66. The van der Waals surface area contributed by atoms with E-state index in [4.69, 9.17) is 14.8 Å². The number of aryl methyl sites for hydroxylation is 1. The molecule has 5 nitrogen and oxygen atoms in total. The SMILES string of the molecule is CN1c2ccc(-c3cccc(OC4CCCC4)n3)cc2CCC1CCCC(=O)O. The van der Waals surface area contributed by atoms with Crippen molar-refractivity contribution in [3.05, 3.63) is 42.0 Å². The van der Waals surface area contributed by atoms with E-state index in [2.05, 4.69) is 30.1 Å². The summed E-state index contributed by atoms with van der Waals surface area (Å²) < 4.78 is 6.07. The molecule has 1 atom stereocenters. The molecule has 1 unspecified atom stereocenters. The van der Waals surface area contributed by atoms with Crippen molar-refractivity contribution in [1.29, 1.82) is 0 Å². The fraction of sp³-hybridized carbons (Fsp3) is 0.500. The molecule has 0 radical (unpaired) electrons. The third-order valence-corrected chi connectivity index (χ3v) is 6.29. The molecule has 4 rings (SSSR count). The van der Waals surface area contributed by atoms with Gasteiger partial charge in [-0.3, -0.25) is 4.79 Å². The van der Waals surface area contributed by atoms with Crippen molar-refractivity contribution in [2.24, 2.45) is 0 Å². The lowest BCUT2D eigenvalue weighted by molar-refractivity contribution is -0.137. The van der Waals surface area contributed by atoms with Crippen LogP contribution in [0.25, 0.3) is 11.3 Å². The van der Waals surface area contributed by atoms with Crippen LogP contribution >= 0.6 is 0 Å². The summed E-state index contributed by atoms with van der Waals surface area (Å²) in [7, 11) is 2.12. The second-order valence-electron chi connectivity index (χ2n) is 8.32. The molecule has 0 amide bonds. The monoisotopic (exact) mass is 394 g/mol. The van der Waals surface area contributed by atoms with Crippen LogP contribution in [0, 0.1) is 0 Å². The first-order chi connectivity index (χ1) is 14.1. The molecule has 1 aromatic heterocycles. The van der Waals surface area contributed by atoms with Gasteiger partial charge in [-0.25, -0.2) is 4.98 Å². The second kappa shape index (κ2) is 8.85. The molecular formula is C24H30N2O3. The molecule has 1 aliphatic heterocycles. The van der Waals surface area contributed by atoms with E-state index in [1.807, 2.05) is 18.2 Å². The third kappa shape index (κ3) is 4.72. The van der Waals surface area contributed by atoms with Gasteiger partial charge in [0.25, 0.3) is 0 Å². The summed E-state index contributed by atoms with van der Waals surface area (Å²) in [6.45, 7) is 0. The van der Waals surface area contributed by atoms with Crippen molar-refractivity contribution in [1.82, 2.24) is 4.98 Å². The highest BCUT2D eigenvalue weighted by Gasteiger charge is 2.24. The van der Waals surface area contributed by atoms with Gasteiger partial charge in [0.2, 0.25) is 5.88 Å². The number of carbonyl (C=O) groups is 1. The van der Waals surface area contributed by atoms with E-state index in [9.17, 15) is 4.79 Å². The Labute approximate surface area is 172 Å². The van der Waals surface area contributed by atoms with E-state index in [0.29, 0.717) is 12.1 Å². The lowest BCUT2D eigenvalue weighted by Gasteiger charge is -2.36. The van der Waals surface area contributed by atoms with E-state index in [1.165, 1.54) is 24.1 Å². The summed E-state index contributed by atoms with van der Waals surface area (Å²) in [5, 5.41) is 8.88. The molecule has 1 saturated carbocycles. The Morgan fingerprint density at radius 3 is 2.83 bits per heavy atom. The minimum Gasteiger partial charge on any atom is -0.481 e. The van der Waals surface area contributed by atoms with Crippen LogP contribution in [0.3, 0.4) is 0 Å². The minimum absolute atomic E-state index is 0.251. The number of hydrogen-bond donors (Lipinski definition) is 1. The molecule has 1 N–H and O–H groups in total. The average molecular weight is 395 g/mol. The predicted molar refractivity (Wildman–Crippen MR) is 115 cm³/mol. The van der Waals surface area contributed by atoms with Gasteiger partial charge in [-0.15, -0.1) is 0 Å². The molecule has 2 heterocycles. The molecule has 1 aliphatic carbocycles. The zero-order valence-electron chi connectivity index (χ0n) is 17.1. The molecule has 2 aliphatic rings. The van der Waals surface area contributed by atoms with Crippen molar-refractivity contribution >= 4 is 11.7 Å². The van der Waals surface area contributed by atoms with Crippen LogP contribution in [0.1, 0.15) is 56.9 Å². The standard InChI is InChI=1S/C24H30N2O3/c1-26-19(6-4-11-24(27)28)14-12-18-16-17(13-15-22(18)26)21-9-5-10-23(25-21)29-20-7-2-3-8-20/h5,9-10,13,15-16,19-20H,2-4,6-8,11-12,14H2,1H3,(H,27,28). The highest BCUT2D eigenvalue weighted by atomic mass is 16.5. The molecule has 29 heavy (non-hydrogen) atoms. The van der Waals surface area contributed by atoms with Crippen molar-refractivity contribution in [2.75, 3.05) is 11.9 Å². The maximum Gasteiger partial charge on any atom is 0.303 e. The van der Waals surface area contributed by atoms with Crippen molar-refractivity contribution in [3.8, 4) is 17.1 Å². The number of carboxylic acid groups (broad SMARTS) is 1. The number of aromatic nitrogens is 1. The average Bonchev–Trinajstić information content (AvgIpc) is 3.22. The lowest BCUT2D eigenvalue weighted by atomic mass is 9.91. The number of hydrogen-bond acceptors (Lipinski definition) is 4. The zero-order valence-corrected chi connectivity index (χ0v) is 17.1. The number of nitrogens with zero attached hydrogens (tertiary/aromatic N) is 2. The largest absolute Gasteiger partial charge is 0.481 e. The first-order valence-corrected chi connectivity index (χ1v) is 10.8. The van der Waals surface area contributed by atoms with Gasteiger partial charge in [0.05, 0.1) is 5.69 Å². The fourth-order valence-electron chi connectivity index (χ4n) is 4.65. The summed E-state index contributed by atoms with van der Waals surface area (Å²) >= 11 is 0. The van der Waals surface area contributed by atoms with Crippen LogP contribution in [-0.4, -0.2) is 35.3 Å². The molecule has 1 aromatic carbocycles. The smallest absolute Gasteiger partial charge is 0.303 e. The Morgan fingerprint density at radius 1 is 1.21 bits per heavy atom. The number of anilines is 1. The Kier molecular flexibility index (Phi) is 6.02. The molecule has 154 valence electrons. The summed E-state index contributed by atoms with van der Waals surface area (Å²) in [6.07, 6.45) is 9.06. The van der Waals surface area contributed by atoms with Crippen LogP contribution in [0.15, 0.2) is 36.4 Å².